The number of ether oxygens (including phenoxy) is 1. The van der Waals surface area contributed by atoms with E-state index in [1.807, 2.05) is 10.9 Å². The van der Waals surface area contributed by atoms with Crippen molar-refractivity contribution in [2.24, 2.45) is 11.7 Å². The highest BCUT2D eigenvalue weighted by molar-refractivity contribution is 9.10. The van der Waals surface area contributed by atoms with E-state index in [2.05, 4.69) is 28.0 Å². The predicted octanol–water partition coefficient (Wildman–Crippen LogP) is 2.48. The van der Waals surface area contributed by atoms with Gasteiger partial charge in [-0.1, -0.05) is 6.92 Å². The van der Waals surface area contributed by atoms with Gasteiger partial charge >= 0.3 is 0 Å². The van der Waals surface area contributed by atoms with E-state index in [9.17, 15) is 0 Å². The summed E-state index contributed by atoms with van der Waals surface area (Å²) in [6.07, 6.45) is 5.16. The predicted molar refractivity (Wildman–Crippen MR) is 70.7 cm³/mol. The first-order chi connectivity index (χ1) is 8.24. The number of aryl methyl sites for hydroxylation is 1. The van der Waals surface area contributed by atoms with Gasteiger partial charge in [0.25, 0.3) is 0 Å². The van der Waals surface area contributed by atoms with E-state index in [1.165, 1.54) is 0 Å². The van der Waals surface area contributed by atoms with Crippen LogP contribution in [0.15, 0.2) is 10.7 Å². The summed E-state index contributed by atoms with van der Waals surface area (Å²) >= 11 is 3.55. The highest BCUT2D eigenvalue weighted by Gasteiger charge is 2.26. The van der Waals surface area contributed by atoms with Crippen LogP contribution in [-0.2, 0) is 11.3 Å². The Kier molecular flexibility index (Phi) is 4.59. The van der Waals surface area contributed by atoms with Crippen molar-refractivity contribution in [1.82, 2.24) is 9.78 Å². The molecular formula is C12H20BrN3O. The molecule has 0 amide bonds. The number of aromatic nitrogens is 2. The van der Waals surface area contributed by atoms with Crippen LogP contribution in [0.4, 0.5) is 0 Å². The summed E-state index contributed by atoms with van der Waals surface area (Å²) < 4.78 is 8.55. The SMILES string of the molecule is CCCn1ncc(Br)c1C(N)C1CCCOC1. The van der Waals surface area contributed by atoms with Gasteiger partial charge in [0.2, 0.25) is 0 Å². The second kappa shape index (κ2) is 5.98. The maximum Gasteiger partial charge on any atom is 0.0697 e. The number of hydrogen-bond donors (Lipinski definition) is 1. The van der Waals surface area contributed by atoms with E-state index in [-0.39, 0.29) is 6.04 Å². The molecule has 2 rings (SSSR count). The summed E-state index contributed by atoms with van der Waals surface area (Å²) in [5.74, 6) is 0.410. The van der Waals surface area contributed by atoms with Crippen LogP contribution in [0.3, 0.4) is 0 Å². The fourth-order valence-electron chi connectivity index (χ4n) is 2.37. The minimum absolute atomic E-state index is 0.0127. The van der Waals surface area contributed by atoms with Crippen LogP contribution in [-0.4, -0.2) is 23.0 Å². The van der Waals surface area contributed by atoms with Crippen LogP contribution in [0.5, 0.6) is 0 Å². The lowest BCUT2D eigenvalue weighted by atomic mass is 9.92. The monoisotopic (exact) mass is 301 g/mol. The topological polar surface area (TPSA) is 53.1 Å². The maximum atomic E-state index is 6.38. The van der Waals surface area contributed by atoms with Crippen molar-refractivity contribution in [3.05, 3.63) is 16.4 Å². The van der Waals surface area contributed by atoms with Gasteiger partial charge in [0.1, 0.15) is 0 Å². The average molecular weight is 302 g/mol. The Morgan fingerprint density at radius 2 is 2.53 bits per heavy atom. The Bertz CT molecular complexity index is 361. The van der Waals surface area contributed by atoms with E-state index in [1.54, 1.807) is 0 Å². The quantitative estimate of drug-likeness (QED) is 0.929. The van der Waals surface area contributed by atoms with Gasteiger partial charge in [-0.25, -0.2) is 0 Å². The summed E-state index contributed by atoms with van der Waals surface area (Å²) in [7, 11) is 0. The van der Waals surface area contributed by atoms with Gasteiger partial charge in [0.15, 0.2) is 0 Å². The fourth-order valence-corrected chi connectivity index (χ4v) is 2.93. The molecule has 1 aromatic rings. The van der Waals surface area contributed by atoms with Crippen molar-refractivity contribution in [1.29, 1.82) is 0 Å². The standard InChI is InChI=1S/C12H20BrN3O/c1-2-5-16-12(10(13)7-15-16)11(14)9-4-3-6-17-8-9/h7,9,11H,2-6,8,14H2,1H3. The molecule has 0 aromatic carbocycles. The van der Waals surface area contributed by atoms with Crippen molar-refractivity contribution >= 4 is 15.9 Å². The molecule has 0 aliphatic carbocycles. The van der Waals surface area contributed by atoms with Crippen molar-refractivity contribution < 1.29 is 4.74 Å². The van der Waals surface area contributed by atoms with Crippen molar-refractivity contribution in [2.45, 2.75) is 38.8 Å². The summed E-state index contributed by atoms with van der Waals surface area (Å²) in [6, 6.07) is 0.0127. The molecule has 1 aliphatic rings. The third-order valence-corrected chi connectivity index (χ3v) is 3.90. The van der Waals surface area contributed by atoms with Gasteiger partial charge in [0, 0.05) is 19.1 Å². The molecule has 1 fully saturated rings. The molecule has 1 saturated heterocycles. The first-order valence-corrected chi connectivity index (χ1v) is 7.07. The summed E-state index contributed by atoms with van der Waals surface area (Å²) in [4.78, 5) is 0. The Morgan fingerprint density at radius 3 is 3.18 bits per heavy atom. The second-order valence-corrected chi connectivity index (χ2v) is 5.46. The van der Waals surface area contributed by atoms with E-state index < -0.39 is 0 Å². The number of halogens is 1. The fraction of sp³-hybridized carbons (Fsp3) is 0.750. The van der Waals surface area contributed by atoms with Crippen LogP contribution in [0.25, 0.3) is 0 Å². The molecule has 4 nitrogen and oxygen atoms in total. The van der Waals surface area contributed by atoms with Crippen molar-refractivity contribution in [3.8, 4) is 0 Å². The van der Waals surface area contributed by atoms with Crippen LogP contribution in [0.1, 0.15) is 37.9 Å². The zero-order valence-corrected chi connectivity index (χ0v) is 11.8. The highest BCUT2D eigenvalue weighted by Crippen LogP contribution is 2.31. The summed E-state index contributed by atoms with van der Waals surface area (Å²) in [6.45, 7) is 4.71. The number of nitrogens with zero attached hydrogens (tertiary/aromatic N) is 2. The van der Waals surface area contributed by atoms with Crippen LogP contribution < -0.4 is 5.73 Å². The highest BCUT2D eigenvalue weighted by atomic mass is 79.9. The van der Waals surface area contributed by atoms with Gasteiger partial charge in [-0.2, -0.15) is 5.10 Å². The number of hydrogen-bond acceptors (Lipinski definition) is 3. The molecule has 0 radical (unpaired) electrons. The third-order valence-electron chi connectivity index (χ3n) is 3.29. The molecule has 1 aliphatic heterocycles. The van der Waals surface area contributed by atoms with E-state index in [0.717, 1.165) is 49.2 Å². The van der Waals surface area contributed by atoms with Gasteiger partial charge in [-0.15, -0.1) is 0 Å². The summed E-state index contributed by atoms with van der Waals surface area (Å²) in [5, 5.41) is 4.37. The number of rotatable bonds is 4. The van der Waals surface area contributed by atoms with E-state index in [4.69, 9.17) is 10.5 Å². The minimum atomic E-state index is 0.0127. The number of nitrogens with two attached hydrogens (primary N) is 1. The Morgan fingerprint density at radius 1 is 1.71 bits per heavy atom. The van der Waals surface area contributed by atoms with Crippen LogP contribution in [0.2, 0.25) is 0 Å². The average Bonchev–Trinajstić information content (AvgIpc) is 2.71. The van der Waals surface area contributed by atoms with E-state index >= 15 is 0 Å². The zero-order valence-electron chi connectivity index (χ0n) is 10.2. The van der Waals surface area contributed by atoms with Crippen LogP contribution in [0, 0.1) is 5.92 Å². The molecule has 2 heterocycles. The molecule has 1 aromatic heterocycles. The van der Waals surface area contributed by atoms with Gasteiger partial charge < -0.3 is 10.5 Å². The lowest BCUT2D eigenvalue weighted by Crippen LogP contribution is -2.31. The van der Waals surface area contributed by atoms with Crippen molar-refractivity contribution in [3.63, 3.8) is 0 Å². The smallest absolute Gasteiger partial charge is 0.0697 e. The molecule has 2 unspecified atom stereocenters. The first-order valence-electron chi connectivity index (χ1n) is 6.28. The molecule has 2 atom stereocenters. The lowest BCUT2D eigenvalue weighted by molar-refractivity contribution is 0.0435. The zero-order chi connectivity index (χ0) is 12.3. The maximum absolute atomic E-state index is 6.38. The van der Waals surface area contributed by atoms with Gasteiger partial charge in [-0.05, 0) is 35.2 Å². The molecular weight excluding hydrogens is 282 g/mol. The first kappa shape index (κ1) is 13.1. The van der Waals surface area contributed by atoms with Crippen molar-refractivity contribution in [2.75, 3.05) is 13.2 Å². The molecule has 5 heteroatoms. The molecule has 96 valence electrons. The normalized spacial score (nSPS) is 22.6. The summed E-state index contributed by atoms with van der Waals surface area (Å²) in [5.41, 5.74) is 7.49. The molecule has 2 N–H and O–H groups in total. The molecule has 0 bridgehead atoms. The van der Waals surface area contributed by atoms with E-state index in [0.29, 0.717) is 5.92 Å². The van der Waals surface area contributed by atoms with Crippen LogP contribution >= 0.6 is 15.9 Å². The minimum Gasteiger partial charge on any atom is -0.381 e. The van der Waals surface area contributed by atoms with Gasteiger partial charge in [-0.3, -0.25) is 4.68 Å². The Hall–Kier alpha value is -0.390. The Balaban J connectivity index is 2.16. The molecule has 0 spiro atoms. The molecule has 17 heavy (non-hydrogen) atoms. The van der Waals surface area contributed by atoms with Gasteiger partial charge in [0.05, 0.1) is 29.0 Å². The third kappa shape index (κ3) is 2.89. The lowest BCUT2D eigenvalue weighted by Gasteiger charge is -2.28. The second-order valence-electron chi connectivity index (χ2n) is 4.60. The Labute approximate surface area is 111 Å². The molecule has 0 saturated carbocycles. The largest absolute Gasteiger partial charge is 0.381 e.